The van der Waals surface area contributed by atoms with Gasteiger partial charge < -0.3 is 10.2 Å². The van der Waals surface area contributed by atoms with Crippen molar-refractivity contribution >= 4 is 49.1 Å². The van der Waals surface area contributed by atoms with Gasteiger partial charge in [0.05, 0.1) is 8.66 Å². The van der Waals surface area contributed by atoms with Crippen molar-refractivity contribution in [2.24, 2.45) is 5.92 Å². The molecule has 3 nitrogen and oxygen atoms in total. The highest BCUT2D eigenvalue weighted by Crippen LogP contribution is 2.33. The molecule has 1 N–H and O–H groups in total. The number of amides is 1. The van der Waals surface area contributed by atoms with Gasteiger partial charge in [-0.05, 0) is 70.3 Å². The number of piperidine rings is 1. The third-order valence-electron chi connectivity index (χ3n) is 3.15. The van der Waals surface area contributed by atoms with E-state index in [1.165, 1.54) is 17.8 Å². The first-order valence-electron chi connectivity index (χ1n) is 6.00. The Hall–Kier alpha value is 0.0900. The summed E-state index contributed by atoms with van der Waals surface area (Å²) in [5.74, 6) is 0.742. The van der Waals surface area contributed by atoms with Crippen LogP contribution >= 0.6 is 43.2 Å². The Balaban J connectivity index is 2.04. The van der Waals surface area contributed by atoms with Crippen LogP contribution in [-0.4, -0.2) is 37.5 Å². The summed E-state index contributed by atoms with van der Waals surface area (Å²) in [6.07, 6.45) is 2.31. The Morgan fingerprint density at radius 3 is 3.00 bits per heavy atom. The minimum atomic E-state index is 0.159. The summed E-state index contributed by atoms with van der Waals surface area (Å²) in [6.45, 7) is 2.74. The van der Waals surface area contributed by atoms with Gasteiger partial charge in [-0.25, -0.2) is 0 Å². The summed E-state index contributed by atoms with van der Waals surface area (Å²) in [7, 11) is 1.97. The number of likely N-dealkylation sites (tertiary alicyclic amines) is 1. The van der Waals surface area contributed by atoms with Crippen molar-refractivity contribution in [1.82, 2.24) is 10.2 Å². The zero-order chi connectivity index (χ0) is 13.1. The highest BCUT2D eigenvalue weighted by atomic mass is 79.9. The minimum absolute atomic E-state index is 0.159. The quantitative estimate of drug-likeness (QED) is 0.850. The number of nitrogens with zero attached hydrogens (tertiary/aromatic N) is 1. The number of carbonyl (C=O) groups is 1. The van der Waals surface area contributed by atoms with E-state index in [2.05, 4.69) is 37.2 Å². The topological polar surface area (TPSA) is 32.3 Å². The van der Waals surface area contributed by atoms with E-state index in [4.69, 9.17) is 0 Å². The summed E-state index contributed by atoms with van der Waals surface area (Å²) < 4.78 is 1.94. The van der Waals surface area contributed by atoms with E-state index in [0.29, 0.717) is 5.92 Å². The molecule has 0 spiro atoms. The van der Waals surface area contributed by atoms with Gasteiger partial charge in [0.15, 0.2) is 0 Å². The van der Waals surface area contributed by atoms with Gasteiger partial charge in [-0.15, -0.1) is 11.3 Å². The lowest BCUT2D eigenvalue weighted by atomic mass is 9.98. The lowest BCUT2D eigenvalue weighted by Gasteiger charge is -2.32. The maximum absolute atomic E-state index is 12.4. The summed E-state index contributed by atoms with van der Waals surface area (Å²) >= 11 is 8.36. The Morgan fingerprint density at radius 1 is 1.61 bits per heavy atom. The number of halogens is 2. The predicted octanol–water partition coefficient (Wildman–Crippen LogP) is 3.34. The van der Waals surface area contributed by atoms with Crippen molar-refractivity contribution in [2.75, 3.05) is 26.7 Å². The molecule has 1 aromatic rings. The number of carbonyl (C=O) groups excluding carboxylic acids is 1. The van der Waals surface area contributed by atoms with E-state index < -0.39 is 0 Å². The van der Waals surface area contributed by atoms with Crippen molar-refractivity contribution in [3.63, 3.8) is 0 Å². The molecule has 100 valence electrons. The molecule has 6 heteroatoms. The van der Waals surface area contributed by atoms with Crippen LogP contribution in [0.25, 0.3) is 0 Å². The Morgan fingerprint density at radius 2 is 2.39 bits per heavy atom. The van der Waals surface area contributed by atoms with Crippen LogP contribution in [-0.2, 0) is 0 Å². The normalized spacial score (nSPS) is 20.2. The van der Waals surface area contributed by atoms with Gasteiger partial charge in [-0.3, -0.25) is 4.79 Å². The van der Waals surface area contributed by atoms with Crippen molar-refractivity contribution in [1.29, 1.82) is 0 Å². The molecule has 1 fully saturated rings. The maximum Gasteiger partial charge on any atom is 0.264 e. The lowest BCUT2D eigenvalue weighted by Crippen LogP contribution is -2.42. The third-order valence-corrected chi connectivity index (χ3v) is 6.40. The molecule has 2 heterocycles. The fraction of sp³-hybridized carbons (Fsp3) is 0.583. The first-order chi connectivity index (χ1) is 8.61. The van der Waals surface area contributed by atoms with Crippen molar-refractivity contribution < 1.29 is 4.79 Å². The van der Waals surface area contributed by atoms with Crippen molar-refractivity contribution in [2.45, 2.75) is 12.8 Å². The molecular weight excluding hydrogens is 380 g/mol. The zero-order valence-corrected chi connectivity index (χ0v) is 14.2. The average Bonchev–Trinajstić information content (AvgIpc) is 2.69. The fourth-order valence-electron chi connectivity index (χ4n) is 2.31. The molecule has 1 aliphatic rings. The van der Waals surface area contributed by atoms with Crippen LogP contribution in [0.4, 0.5) is 0 Å². The molecule has 1 atom stereocenters. The summed E-state index contributed by atoms with van der Waals surface area (Å²) in [5.41, 5.74) is 0. The van der Waals surface area contributed by atoms with Crippen molar-refractivity contribution in [3.8, 4) is 0 Å². The molecular formula is C12H16Br2N2OS. The van der Waals surface area contributed by atoms with E-state index in [0.717, 1.165) is 39.2 Å². The van der Waals surface area contributed by atoms with Gasteiger partial charge in [0.2, 0.25) is 0 Å². The standard InChI is InChI=1S/C12H16Br2N2OS/c1-15-6-8-3-2-4-16(7-8)12(17)10-5-9(13)11(14)18-10/h5,8,15H,2-4,6-7H2,1H3. The van der Waals surface area contributed by atoms with E-state index in [-0.39, 0.29) is 5.91 Å². The van der Waals surface area contributed by atoms with Crippen LogP contribution in [0.2, 0.25) is 0 Å². The number of hydrogen-bond acceptors (Lipinski definition) is 3. The molecule has 1 amide bonds. The Kier molecular flexibility index (Phi) is 5.24. The number of nitrogens with one attached hydrogen (secondary N) is 1. The smallest absolute Gasteiger partial charge is 0.264 e. The van der Waals surface area contributed by atoms with E-state index in [1.54, 1.807) is 0 Å². The summed E-state index contributed by atoms with van der Waals surface area (Å²) in [4.78, 5) is 15.2. The molecule has 1 aliphatic heterocycles. The summed E-state index contributed by atoms with van der Waals surface area (Å²) in [5, 5.41) is 3.20. The summed E-state index contributed by atoms with van der Waals surface area (Å²) in [6, 6.07) is 1.90. The minimum Gasteiger partial charge on any atom is -0.338 e. The van der Waals surface area contributed by atoms with Crippen LogP contribution in [0.5, 0.6) is 0 Å². The Labute approximate surface area is 128 Å². The van der Waals surface area contributed by atoms with Gasteiger partial charge in [-0.1, -0.05) is 0 Å². The molecule has 0 radical (unpaired) electrons. The second-order valence-corrected chi connectivity index (χ2v) is 7.77. The number of hydrogen-bond donors (Lipinski definition) is 1. The average molecular weight is 396 g/mol. The van der Waals surface area contributed by atoms with Gasteiger partial charge in [0.1, 0.15) is 0 Å². The molecule has 0 aliphatic carbocycles. The molecule has 2 rings (SSSR count). The van der Waals surface area contributed by atoms with E-state index in [9.17, 15) is 4.79 Å². The first-order valence-corrected chi connectivity index (χ1v) is 8.40. The highest BCUT2D eigenvalue weighted by Gasteiger charge is 2.25. The molecule has 1 unspecified atom stereocenters. The highest BCUT2D eigenvalue weighted by molar-refractivity contribution is 9.13. The van der Waals surface area contributed by atoms with Gasteiger partial charge >= 0.3 is 0 Å². The molecule has 18 heavy (non-hydrogen) atoms. The molecule has 0 saturated carbocycles. The van der Waals surface area contributed by atoms with E-state index >= 15 is 0 Å². The van der Waals surface area contributed by atoms with Gasteiger partial charge in [-0.2, -0.15) is 0 Å². The first kappa shape index (κ1) is 14.5. The van der Waals surface area contributed by atoms with Crippen LogP contribution in [0.3, 0.4) is 0 Å². The number of thiophene rings is 1. The zero-order valence-electron chi connectivity index (χ0n) is 10.2. The molecule has 1 aromatic heterocycles. The fourth-order valence-corrected chi connectivity index (χ4v) is 4.32. The number of rotatable bonds is 3. The van der Waals surface area contributed by atoms with Crippen LogP contribution in [0.15, 0.2) is 14.3 Å². The van der Waals surface area contributed by atoms with Crippen molar-refractivity contribution in [3.05, 3.63) is 19.2 Å². The molecule has 1 saturated heterocycles. The van der Waals surface area contributed by atoms with Crippen LogP contribution in [0, 0.1) is 5.92 Å². The second kappa shape index (κ2) is 6.50. The Bertz CT molecular complexity index is 414. The van der Waals surface area contributed by atoms with Crippen LogP contribution < -0.4 is 5.32 Å². The van der Waals surface area contributed by atoms with Crippen LogP contribution in [0.1, 0.15) is 22.5 Å². The largest absolute Gasteiger partial charge is 0.338 e. The van der Waals surface area contributed by atoms with Gasteiger partial charge in [0.25, 0.3) is 5.91 Å². The molecule has 0 aromatic carbocycles. The molecule has 0 bridgehead atoms. The lowest BCUT2D eigenvalue weighted by molar-refractivity contribution is 0.0679. The SMILES string of the molecule is CNCC1CCCN(C(=O)c2cc(Br)c(Br)s2)C1. The third kappa shape index (κ3) is 3.35. The maximum atomic E-state index is 12.4. The predicted molar refractivity (Wildman–Crippen MR) is 82.3 cm³/mol. The van der Waals surface area contributed by atoms with Gasteiger partial charge in [0, 0.05) is 17.6 Å². The second-order valence-electron chi connectivity index (χ2n) is 4.55. The van der Waals surface area contributed by atoms with E-state index in [1.807, 2.05) is 18.0 Å². The monoisotopic (exact) mass is 394 g/mol.